The molecular weight excluding hydrogens is 447 g/mol. The molecule has 0 aliphatic carbocycles. The van der Waals surface area contributed by atoms with Gasteiger partial charge < -0.3 is 19.5 Å². The number of likely N-dealkylation sites (N-methyl/N-ethyl adjacent to an activating group) is 1. The van der Waals surface area contributed by atoms with Crippen LogP contribution in [0, 0.1) is 0 Å². The number of hydrogen-bond acceptors (Lipinski definition) is 5. The third-order valence-electron chi connectivity index (χ3n) is 5.65. The summed E-state index contributed by atoms with van der Waals surface area (Å²) in [6, 6.07) is 13.1. The molecule has 4 rings (SSSR count). The second kappa shape index (κ2) is 10.4. The number of halogens is 2. The number of nitrogens with one attached hydrogen (secondary N) is 1. The van der Waals surface area contributed by atoms with Gasteiger partial charge in [-0.05, 0) is 36.9 Å². The number of oxazole rings is 1. The van der Waals surface area contributed by atoms with Crippen molar-refractivity contribution in [2.75, 3.05) is 42.9 Å². The molecule has 2 aromatic carbocycles. The van der Waals surface area contributed by atoms with Gasteiger partial charge in [0.25, 0.3) is 0 Å². The summed E-state index contributed by atoms with van der Waals surface area (Å²) in [5, 5.41) is 4.21. The summed E-state index contributed by atoms with van der Waals surface area (Å²) < 4.78 is 5.80. The molecule has 8 heteroatoms. The van der Waals surface area contributed by atoms with Crippen LogP contribution in [0.5, 0.6) is 0 Å². The largest absolute Gasteiger partial charge is 0.441 e. The molecule has 6 nitrogen and oxygen atoms in total. The summed E-state index contributed by atoms with van der Waals surface area (Å²) in [6.07, 6.45) is 2.28. The minimum absolute atomic E-state index is 0.113. The predicted octanol–water partition coefficient (Wildman–Crippen LogP) is 5.36. The van der Waals surface area contributed by atoms with Crippen molar-refractivity contribution < 1.29 is 9.21 Å². The van der Waals surface area contributed by atoms with Gasteiger partial charge in [-0.1, -0.05) is 42.3 Å². The van der Waals surface area contributed by atoms with E-state index in [1.54, 1.807) is 12.3 Å². The second-order valence-corrected chi connectivity index (χ2v) is 8.57. The molecule has 168 valence electrons. The van der Waals surface area contributed by atoms with Crippen LogP contribution < -0.4 is 10.2 Å². The topological polar surface area (TPSA) is 61.6 Å². The molecule has 1 aromatic heterocycles. The molecule has 1 fully saturated rings. The van der Waals surface area contributed by atoms with Gasteiger partial charge in [-0.15, -0.1) is 0 Å². The van der Waals surface area contributed by atoms with E-state index in [2.05, 4.69) is 27.0 Å². The molecule has 0 spiro atoms. The maximum Gasteiger partial charge on any atom is 0.224 e. The van der Waals surface area contributed by atoms with Gasteiger partial charge in [-0.3, -0.25) is 4.79 Å². The number of carbonyl (C=O) groups is 1. The minimum Gasteiger partial charge on any atom is -0.441 e. The van der Waals surface area contributed by atoms with E-state index < -0.39 is 0 Å². The molecular formula is C24H26Cl2N4O2. The Balaban J connectivity index is 1.39. The highest BCUT2D eigenvalue weighted by molar-refractivity contribution is 6.33. The summed E-state index contributed by atoms with van der Waals surface area (Å²) in [4.78, 5) is 21.7. The van der Waals surface area contributed by atoms with Gasteiger partial charge in [-0.2, -0.15) is 0 Å². The van der Waals surface area contributed by atoms with Gasteiger partial charge in [0.05, 0.1) is 22.6 Å². The summed E-state index contributed by atoms with van der Waals surface area (Å²) in [5.74, 6) is 0.977. The molecule has 32 heavy (non-hydrogen) atoms. The second-order valence-electron chi connectivity index (χ2n) is 7.73. The molecule has 0 unspecified atom stereocenters. The van der Waals surface area contributed by atoms with Crippen molar-refractivity contribution in [2.24, 2.45) is 0 Å². The molecule has 0 radical (unpaired) electrons. The Morgan fingerprint density at radius 3 is 2.66 bits per heavy atom. The van der Waals surface area contributed by atoms with Crippen LogP contribution in [0.1, 0.15) is 19.2 Å². The summed E-state index contributed by atoms with van der Waals surface area (Å²) in [7, 11) is 0. The number of anilines is 2. The maximum atomic E-state index is 12.7. The van der Waals surface area contributed by atoms with Gasteiger partial charge in [0.1, 0.15) is 0 Å². The molecule has 1 aliphatic rings. The van der Waals surface area contributed by atoms with E-state index in [9.17, 15) is 4.79 Å². The highest BCUT2D eigenvalue weighted by Gasteiger charge is 2.19. The van der Waals surface area contributed by atoms with Crippen LogP contribution >= 0.6 is 23.2 Å². The highest BCUT2D eigenvalue weighted by Crippen LogP contribution is 2.31. The van der Waals surface area contributed by atoms with Gasteiger partial charge >= 0.3 is 0 Å². The van der Waals surface area contributed by atoms with Crippen molar-refractivity contribution in [3.05, 3.63) is 64.6 Å². The zero-order chi connectivity index (χ0) is 22.5. The number of aryl methyl sites for hydroxylation is 1. The van der Waals surface area contributed by atoms with E-state index >= 15 is 0 Å². The third-order valence-corrected chi connectivity index (χ3v) is 6.22. The maximum absolute atomic E-state index is 12.7. The van der Waals surface area contributed by atoms with Gasteiger partial charge in [0.2, 0.25) is 5.91 Å². The first-order chi connectivity index (χ1) is 15.5. The Morgan fingerprint density at radius 1 is 1.12 bits per heavy atom. The zero-order valence-corrected chi connectivity index (χ0v) is 19.5. The van der Waals surface area contributed by atoms with Gasteiger partial charge in [0.15, 0.2) is 11.7 Å². The summed E-state index contributed by atoms with van der Waals surface area (Å²) >= 11 is 12.4. The van der Waals surface area contributed by atoms with Crippen LogP contribution in [-0.4, -0.2) is 48.5 Å². The van der Waals surface area contributed by atoms with Crippen molar-refractivity contribution in [3.8, 4) is 11.3 Å². The highest BCUT2D eigenvalue weighted by atomic mass is 35.5. The lowest BCUT2D eigenvalue weighted by Gasteiger charge is -2.36. The average Bonchev–Trinajstić information content (AvgIpc) is 3.27. The normalized spacial score (nSPS) is 14.5. The third kappa shape index (κ3) is 5.44. The Bertz CT molecular complexity index is 1080. The molecule has 0 atom stereocenters. The average molecular weight is 473 g/mol. The minimum atomic E-state index is -0.113. The molecule has 3 aromatic rings. The Morgan fingerprint density at radius 2 is 1.91 bits per heavy atom. The van der Waals surface area contributed by atoms with Crippen LogP contribution in [-0.2, 0) is 11.2 Å². The lowest BCUT2D eigenvalue weighted by Crippen LogP contribution is -2.46. The van der Waals surface area contributed by atoms with Crippen LogP contribution in [0.4, 0.5) is 11.4 Å². The van der Waals surface area contributed by atoms with Crippen LogP contribution in [0.3, 0.4) is 0 Å². The van der Waals surface area contributed by atoms with E-state index in [0.717, 1.165) is 49.7 Å². The number of benzene rings is 2. The summed E-state index contributed by atoms with van der Waals surface area (Å²) in [6.45, 7) is 7.07. The van der Waals surface area contributed by atoms with Crippen LogP contribution in [0.25, 0.3) is 11.3 Å². The molecule has 1 N–H and O–H groups in total. The number of nitrogens with zero attached hydrogens (tertiary/aromatic N) is 3. The Kier molecular flexibility index (Phi) is 7.35. The van der Waals surface area contributed by atoms with Gasteiger partial charge in [-0.25, -0.2) is 4.98 Å². The van der Waals surface area contributed by atoms with Gasteiger partial charge in [0, 0.05) is 49.6 Å². The first kappa shape index (κ1) is 22.6. The number of piperazine rings is 1. The predicted molar refractivity (Wildman–Crippen MR) is 130 cm³/mol. The first-order valence-electron chi connectivity index (χ1n) is 10.8. The SMILES string of the molecule is CCN1CCN(c2ccc(Cl)cc2NC(=O)CCc2ncc(-c3ccccc3Cl)o2)CC1. The number of hydrogen-bond donors (Lipinski definition) is 1. The fourth-order valence-electron chi connectivity index (χ4n) is 3.83. The molecule has 1 saturated heterocycles. The van der Waals surface area contributed by atoms with E-state index in [1.807, 2.05) is 36.4 Å². The molecule has 0 bridgehead atoms. The molecule has 1 aliphatic heterocycles. The van der Waals surface area contributed by atoms with Crippen molar-refractivity contribution >= 4 is 40.5 Å². The number of carbonyl (C=O) groups excluding carboxylic acids is 1. The zero-order valence-electron chi connectivity index (χ0n) is 18.0. The lowest BCUT2D eigenvalue weighted by atomic mass is 10.2. The van der Waals surface area contributed by atoms with Crippen molar-refractivity contribution in [1.29, 1.82) is 0 Å². The van der Waals surface area contributed by atoms with E-state index in [-0.39, 0.29) is 12.3 Å². The van der Waals surface area contributed by atoms with E-state index in [0.29, 0.717) is 28.1 Å². The Labute approximate surface area is 198 Å². The van der Waals surface area contributed by atoms with Crippen molar-refractivity contribution in [3.63, 3.8) is 0 Å². The number of rotatable bonds is 7. The van der Waals surface area contributed by atoms with E-state index in [1.165, 1.54) is 0 Å². The lowest BCUT2D eigenvalue weighted by molar-refractivity contribution is -0.116. The van der Waals surface area contributed by atoms with Crippen LogP contribution in [0.15, 0.2) is 53.1 Å². The molecule has 1 amide bonds. The number of aromatic nitrogens is 1. The molecule has 2 heterocycles. The summed E-state index contributed by atoms with van der Waals surface area (Å²) in [5.41, 5.74) is 2.51. The fourth-order valence-corrected chi connectivity index (χ4v) is 4.23. The molecule has 0 saturated carbocycles. The number of amides is 1. The van der Waals surface area contributed by atoms with E-state index in [4.69, 9.17) is 27.6 Å². The quantitative estimate of drug-likeness (QED) is 0.501. The monoisotopic (exact) mass is 472 g/mol. The van der Waals surface area contributed by atoms with Crippen molar-refractivity contribution in [1.82, 2.24) is 9.88 Å². The smallest absolute Gasteiger partial charge is 0.224 e. The van der Waals surface area contributed by atoms with Crippen molar-refractivity contribution in [2.45, 2.75) is 19.8 Å². The Hall–Kier alpha value is -2.54. The fraction of sp³-hybridized carbons (Fsp3) is 0.333. The first-order valence-corrected chi connectivity index (χ1v) is 11.6. The standard InChI is InChI=1S/C24H26Cl2N4O2/c1-2-29-11-13-30(14-12-29)21-8-7-17(25)15-20(21)28-23(31)9-10-24-27-16-22(32-24)18-5-3-4-6-19(18)26/h3-8,15-16H,2,9-14H2,1H3,(H,28,31). The van der Waals surface area contributed by atoms with Crippen LogP contribution in [0.2, 0.25) is 10.0 Å².